The van der Waals surface area contributed by atoms with Gasteiger partial charge < -0.3 is 4.57 Å². The van der Waals surface area contributed by atoms with E-state index in [0.717, 1.165) is 17.4 Å². The molecule has 0 aliphatic heterocycles. The molecule has 1 heterocycles. The molecule has 1 aliphatic carbocycles. The fourth-order valence-corrected chi connectivity index (χ4v) is 1.42. The minimum atomic E-state index is -4.20. The third kappa shape index (κ3) is 1.88. The lowest BCUT2D eigenvalue weighted by Crippen LogP contribution is -2.20. The maximum Gasteiger partial charge on any atom is 0.406 e. The Morgan fingerprint density at radius 1 is 1.36 bits per heavy atom. The maximum atomic E-state index is 12.2. The van der Waals surface area contributed by atoms with Gasteiger partial charge in [-0.25, -0.2) is 0 Å². The van der Waals surface area contributed by atoms with Crippen molar-refractivity contribution in [2.45, 2.75) is 38.4 Å². The van der Waals surface area contributed by atoms with Crippen molar-refractivity contribution >= 4 is 0 Å². The molecule has 14 heavy (non-hydrogen) atoms. The molecule has 1 aliphatic rings. The Morgan fingerprint density at radius 2 is 2.00 bits per heavy atom. The summed E-state index contributed by atoms with van der Waals surface area (Å²) in [6, 6.07) is 0. The van der Waals surface area contributed by atoms with Gasteiger partial charge in [0.05, 0.1) is 0 Å². The second-order valence-corrected chi connectivity index (χ2v) is 3.58. The first-order chi connectivity index (χ1) is 6.47. The van der Waals surface area contributed by atoms with Crippen LogP contribution in [-0.2, 0) is 6.54 Å². The maximum absolute atomic E-state index is 12.2. The third-order valence-corrected chi connectivity index (χ3v) is 2.24. The number of rotatable bonds is 2. The van der Waals surface area contributed by atoms with Crippen LogP contribution in [0.5, 0.6) is 0 Å². The van der Waals surface area contributed by atoms with Crippen LogP contribution in [0.1, 0.15) is 30.4 Å². The molecule has 0 N–H and O–H groups in total. The molecule has 0 radical (unpaired) electrons. The van der Waals surface area contributed by atoms with Crippen LogP contribution in [0.2, 0.25) is 0 Å². The van der Waals surface area contributed by atoms with Crippen molar-refractivity contribution in [2.75, 3.05) is 0 Å². The normalized spacial score (nSPS) is 17.4. The molecule has 0 bridgehead atoms. The van der Waals surface area contributed by atoms with Gasteiger partial charge in [-0.3, -0.25) is 0 Å². The van der Waals surface area contributed by atoms with Crippen molar-refractivity contribution in [1.82, 2.24) is 14.8 Å². The van der Waals surface area contributed by atoms with Gasteiger partial charge in [-0.1, -0.05) is 0 Å². The van der Waals surface area contributed by atoms with Crippen LogP contribution in [0.15, 0.2) is 0 Å². The summed E-state index contributed by atoms with van der Waals surface area (Å²) in [5.74, 6) is 1.02. The smallest absolute Gasteiger partial charge is 0.306 e. The van der Waals surface area contributed by atoms with E-state index in [1.807, 2.05) is 0 Å². The molecule has 2 rings (SSSR count). The Bertz CT molecular complexity index is 338. The summed E-state index contributed by atoms with van der Waals surface area (Å²) in [5, 5.41) is 7.45. The van der Waals surface area contributed by atoms with E-state index in [9.17, 15) is 13.2 Å². The number of alkyl halides is 3. The molecular weight excluding hydrogens is 195 g/mol. The molecule has 3 nitrogen and oxygen atoms in total. The van der Waals surface area contributed by atoms with Gasteiger partial charge in [0.15, 0.2) is 0 Å². The van der Waals surface area contributed by atoms with E-state index in [1.54, 1.807) is 6.92 Å². The van der Waals surface area contributed by atoms with E-state index in [2.05, 4.69) is 10.2 Å². The summed E-state index contributed by atoms with van der Waals surface area (Å²) in [6.45, 7) is 0.572. The van der Waals surface area contributed by atoms with Gasteiger partial charge in [0.2, 0.25) is 0 Å². The second-order valence-electron chi connectivity index (χ2n) is 3.58. The fourth-order valence-electron chi connectivity index (χ4n) is 1.42. The molecule has 1 fully saturated rings. The standard InChI is InChI=1S/C8H10F3N3/c1-5-12-13-7(6-2-3-6)14(5)4-8(9,10)11/h6H,2-4H2,1H3. The van der Waals surface area contributed by atoms with E-state index in [1.165, 1.54) is 0 Å². The summed E-state index contributed by atoms with van der Waals surface area (Å²) in [4.78, 5) is 0. The molecule has 0 saturated heterocycles. The Balaban J connectivity index is 2.25. The molecule has 1 aromatic heterocycles. The Morgan fingerprint density at radius 3 is 2.50 bits per heavy atom. The Hall–Kier alpha value is -1.07. The van der Waals surface area contributed by atoms with E-state index in [-0.39, 0.29) is 5.92 Å². The van der Waals surface area contributed by atoms with Crippen molar-refractivity contribution in [2.24, 2.45) is 0 Å². The van der Waals surface area contributed by atoms with Crippen molar-refractivity contribution < 1.29 is 13.2 Å². The average Bonchev–Trinajstić information content (AvgIpc) is 2.80. The van der Waals surface area contributed by atoms with E-state index in [4.69, 9.17) is 0 Å². The summed E-state index contributed by atoms with van der Waals surface area (Å²) < 4.78 is 37.7. The van der Waals surface area contributed by atoms with Crippen molar-refractivity contribution in [3.63, 3.8) is 0 Å². The van der Waals surface area contributed by atoms with Crippen LogP contribution in [0, 0.1) is 6.92 Å². The van der Waals surface area contributed by atoms with Gasteiger partial charge in [0.1, 0.15) is 18.2 Å². The van der Waals surface area contributed by atoms with Gasteiger partial charge >= 0.3 is 6.18 Å². The molecule has 0 aromatic carbocycles. The Kier molecular flexibility index (Phi) is 2.01. The van der Waals surface area contributed by atoms with Gasteiger partial charge in [-0.2, -0.15) is 13.2 Å². The number of aromatic nitrogens is 3. The van der Waals surface area contributed by atoms with Crippen molar-refractivity contribution in [3.8, 4) is 0 Å². The minimum absolute atomic E-state index is 0.193. The van der Waals surface area contributed by atoms with Crippen LogP contribution in [-0.4, -0.2) is 20.9 Å². The molecular formula is C8H10F3N3. The molecule has 1 saturated carbocycles. The topological polar surface area (TPSA) is 30.7 Å². The first kappa shape index (κ1) is 9.48. The van der Waals surface area contributed by atoms with Gasteiger partial charge in [0.25, 0.3) is 0 Å². The summed E-state index contributed by atoms with van der Waals surface area (Å²) in [6.07, 6.45) is -2.34. The number of halogens is 3. The van der Waals surface area contributed by atoms with Crippen LogP contribution in [0.3, 0.4) is 0 Å². The fraction of sp³-hybridized carbons (Fsp3) is 0.750. The van der Waals surface area contributed by atoms with E-state index >= 15 is 0 Å². The first-order valence-electron chi connectivity index (χ1n) is 4.44. The summed E-state index contributed by atoms with van der Waals surface area (Å²) in [7, 11) is 0. The van der Waals surface area contributed by atoms with E-state index in [0.29, 0.717) is 11.6 Å². The van der Waals surface area contributed by atoms with Crippen LogP contribution < -0.4 is 0 Å². The zero-order valence-electron chi connectivity index (χ0n) is 7.67. The Labute approximate surface area is 78.9 Å². The van der Waals surface area contributed by atoms with Crippen LogP contribution >= 0.6 is 0 Å². The largest absolute Gasteiger partial charge is 0.406 e. The lowest BCUT2D eigenvalue weighted by Gasteiger charge is -2.10. The molecule has 78 valence electrons. The molecule has 0 unspecified atom stereocenters. The molecule has 0 spiro atoms. The predicted octanol–water partition coefficient (Wildman–Crippen LogP) is 2.03. The second kappa shape index (κ2) is 2.96. The van der Waals surface area contributed by atoms with Gasteiger partial charge in [-0.05, 0) is 19.8 Å². The first-order valence-corrected chi connectivity index (χ1v) is 4.44. The quantitative estimate of drug-likeness (QED) is 0.739. The zero-order chi connectivity index (χ0) is 10.3. The number of aryl methyl sites for hydroxylation is 1. The molecule has 0 amide bonds. The minimum Gasteiger partial charge on any atom is -0.306 e. The third-order valence-electron chi connectivity index (χ3n) is 2.24. The van der Waals surface area contributed by atoms with Crippen molar-refractivity contribution in [3.05, 3.63) is 11.6 Å². The molecule has 6 heteroatoms. The highest BCUT2D eigenvalue weighted by Crippen LogP contribution is 2.39. The average molecular weight is 205 g/mol. The SMILES string of the molecule is Cc1nnc(C2CC2)n1CC(F)(F)F. The lowest BCUT2D eigenvalue weighted by molar-refractivity contribution is -0.141. The predicted molar refractivity (Wildman–Crippen MR) is 42.8 cm³/mol. The zero-order valence-corrected chi connectivity index (χ0v) is 7.67. The lowest BCUT2D eigenvalue weighted by atomic mass is 10.4. The highest BCUT2D eigenvalue weighted by atomic mass is 19.4. The summed E-state index contributed by atoms with van der Waals surface area (Å²) in [5.41, 5.74) is 0. The van der Waals surface area contributed by atoms with Gasteiger partial charge in [-0.15, -0.1) is 10.2 Å². The van der Waals surface area contributed by atoms with E-state index < -0.39 is 12.7 Å². The molecule has 0 atom stereocenters. The van der Waals surface area contributed by atoms with Crippen LogP contribution in [0.25, 0.3) is 0 Å². The highest BCUT2D eigenvalue weighted by Gasteiger charge is 2.35. The van der Waals surface area contributed by atoms with Crippen LogP contribution in [0.4, 0.5) is 13.2 Å². The number of hydrogen-bond donors (Lipinski definition) is 0. The highest BCUT2D eigenvalue weighted by molar-refractivity contribution is 5.07. The van der Waals surface area contributed by atoms with Gasteiger partial charge in [0, 0.05) is 5.92 Å². The van der Waals surface area contributed by atoms with Crippen molar-refractivity contribution in [1.29, 1.82) is 0 Å². The number of hydrogen-bond acceptors (Lipinski definition) is 2. The molecule has 1 aromatic rings. The number of nitrogens with zero attached hydrogens (tertiary/aromatic N) is 3. The monoisotopic (exact) mass is 205 g/mol. The summed E-state index contributed by atoms with van der Waals surface area (Å²) >= 11 is 0.